The van der Waals surface area contributed by atoms with Crippen LogP contribution in [-0.2, 0) is 6.42 Å². The molecule has 0 aliphatic heterocycles. The Kier molecular flexibility index (Phi) is 5.63. The van der Waals surface area contributed by atoms with Gasteiger partial charge in [0.1, 0.15) is 5.75 Å². The summed E-state index contributed by atoms with van der Waals surface area (Å²) < 4.78 is 5.10. The summed E-state index contributed by atoms with van der Waals surface area (Å²) in [6.07, 6.45) is 0.369. The number of anilines is 2. The summed E-state index contributed by atoms with van der Waals surface area (Å²) in [5.74, 6) is 0.654. The lowest BCUT2D eigenvalue weighted by Gasteiger charge is -2.13. The SMILES string of the molecule is COc1cccc(NC(=O)Nc2cccc(Cl)c2CCO)c1. The first-order chi connectivity index (χ1) is 10.6. The molecule has 6 heteroatoms. The van der Waals surface area contributed by atoms with E-state index in [4.69, 9.17) is 21.4 Å². The Bertz CT molecular complexity index is 662. The molecule has 0 saturated carbocycles. The number of nitrogens with one attached hydrogen (secondary N) is 2. The van der Waals surface area contributed by atoms with Crippen LogP contribution in [0.3, 0.4) is 0 Å². The number of rotatable bonds is 5. The largest absolute Gasteiger partial charge is 0.497 e. The van der Waals surface area contributed by atoms with Gasteiger partial charge in [-0.25, -0.2) is 4.79 Å². The topological polar surface area (TPSA) is 70.6 Å². The van der Waals surface area contributed by atoms with Gasteiger partial charge in [0.25, 0.3) is 0 Å². The van der Waals surface area contributed by atoms with Crippen molar-refractivity contribution in [2.45, 2.75) is 6.42 Å². The fourth-order valence-corrected chi connectivity index (χ4v) is 2.30. The van der Waals surface area contributed by atoms with Crippen LogP contribution in [0.15, 0.2) is 42.5 Å². The fourth-order valence-electron chi connectivity index (χ4n) is 2.03. The van der Waals surface area contributed by atoms with E-state index in [-0.39, 0.29) is 6.61 Å². The van der Waals surface area contributed by atoms with Crippen LogP contribution in [0.1, 0.15) is 5.56 Å². The van der Waals surface area contributed by atoms with Gasteiger partial charge in [-0.2, -0.15) is 0 Å². The number of aliphatic hydroxyl groups excluding tert-OH is 1. The third-order valence-electron chi connectivity index (χ3n) is 3.06. The summed E-state index contributed by atoms with van der Waals surface area (Å²) in [5, 5.41) is 15.1. The zero-order valence-corrected chi connectivity index (χ0v) is 12.9. The predicted molar refractivity (Wildman–Crippen MR) is 87.9 cm³/mol. The molecular formula is C16H17ClN2O3. The first-order valence-electron chi connectivity index (χ1n) is 6.74. The molecule has 2 rings (SSSR count). The molecule has 0 aliphatic rings. The predicted octanol–water partition coefficient (Wildman–Crippen LogP) is 3.53. The maximum absolute atomic E-state index is 12.1. The van der Waals surface area contributed by atoms with E-state index in [1.54, 1.807) is 49.6 Å². The number of aliphatic hydroxyl groups is 1. The van der Waals surface area contributed by atoms with Gasteiger partial charge in [0.05, 0.1) is 7.11 Å². The van der Waals surface area contributed by atoms with Gasteiger partial charge in [-0.05, 0) is 36.2 Å². The van der Waals surface area contributed by atoms with E-state index < -0.39 is 6.03 Å². The number of benzene rings is 2. The Labute approximate surface area is 133 Å². The van der Waals surface area contributed by atoms with E-state index in [1.165, 1.54) is 0 Å². The lowest BCUT2D eigenvalue weighted by Crippen LogP contribution is -2.20. The average Bonchev–Trinajstić information content (AvgIpc) is 2.51. The van der Waals surface area contributed by atoms with Crippen molar-refractivity contribution in [1.29, 1.82) is 0 Å². The zero-order chi connectivity index (χ0) is 15.9. The molecule has 0 bridgehead atoms. The van der Waals surface area contributed by atoms with Gasteiger partial charge in [-0.1, -0.05) is 23.7 Å². The smallest absolute Gasteiger partial charge is 0.323 e. The van der Waals surface area contributed by atoms with E-state index in [0.29, 0.717) is 34.1 Å². The number of methoxy groups -OCH3 is 1. The molecule has 0 fully saturated rings. The Morgan fingerprint density at radius 1 is 1.23 bits per heavy atom. The lowest BCUT2D eigenvalue weighted by atomic mass is 10.1. The number of urea groups is 1. The van der Waals surface area contributed by atoms with E-state index >= 15 is 0 Å². The molecule has 0 saturated heterocycles. The average molecular weight is 321 g/mol. The molecule has 0 atom stereocenters. The van der Waals surface area contributed by atoms with Crippen LogP contribution in [-0.4, -0.2) is 24.9 Å². The maximum atomic E-state index is 12.1. The number of amides is 2. The van der Waals surface area contributed by atoms with Crippen LogP contribution in [0.5, 0.6) is 5.75 Å². The van der Waals surface area contributed by atoms with Crippen molar-refractivity contribution >= 4 is 29.0 Å². The number of ether oxygens (including phenoxy) is 1. The Morgan fingerprint density at radius 2 is 2.00 bits per heavy atom. The van der Waals surface area contributed by atoms with Crippen molar-refractivity contribution in [3.8, 4) is 5.75 Å². The second-order valence-electron chi connectivity index (χ2n) is 4.55. The molecule has 22 heavy (non-hydrogen) atoms. The van der Waals surface area contributed by atoms with Gasteiger partial charge in [-0.15, -0.1) is 0 Å². The number of halogens is 1. The molecule has 3 N–H and O–H groups in total. The minimum absolute atomic E-state index is 0.0457. The molecule has 0 aromatic heterocycles. The third-order valence-corrected chi connectivity index (χ3v) is 3.41. The number of hydrogen-bond donors (Lipinski definition) is 3. The molecule has 0 heterocycles. The number of carbonyl (C=O) groups excluding carboxylic acids is 1. The highest BCUT2D eigenvalue weighted by Gasteiger charge is 2.10. The van der Waals surface area contributed by atoms with E-state index in [2.05, 4.69) is 10.6 Å². The highest BCUT2D eigenvalue weighted by Crippen LogP contribution is 2.25. The summed E-state index contributed by atoms with van der Waals surface area (Å²) in [6, 6.07) is 11.9. The third kappa shape index (κ3) is 4.13. The summed E-state index contributed by atoms with van der Waals surface area (Å²) >= 11 is 6.09. The van der Waals surface area contributed by atoms with Crippen molar-refractivity contribution in [2.24, 2.45) is 0 Å². The van der Waals surface area contributed by atoms with Crippen LogP contribution in [0.2, 0.25) is 5.02 Å². The highest BCUT2D eigenvalue weighted by molar-refractivity contribution is 6.31. The van der Waals surface area contributed by atoms with Crippen molar-refractivity contribution in [2.75, 3.05) is 24.4 Å². The van der Waals surface area contributed by atoms with Crippen LogP contribution >= 0.6 is 11.6 Å². The molecule has 2 aromatic rings. The summed E-state index contributed by atoms with van der Waals surface area (Å²) in [4.78, 5) is 12.1. The minimum Gasteiger partial charge on any atom is -0.497 e. The molecule has 5 nitrogen and oxygen atoms in total. The van der Waals surface area contributed by atoms with Crippen LogP contribution in [0, 0.1) is 0 Å². The first-order valence-corrected chi connectivity index (χ1v) is 7.12. The van der Waals surface area contributed by atoms with Gasteiger partial charge in [-0.3, -0.25) is 0 Å². The van der Waals surface area contributed by atoms with Crippen molar-refractivity contribution in [3.05, 3.63) is 53.1 Å². The Morgan fingerprint density at radius 3 is 2.73 bits per heavy atom. The minimum atomic E-state index is -0.394. The standard InChI is InChI=1S/C16H17ClN2O3/c1-22-12-5-2-4-11(10-12)18-16(21)19-15-7-3-6-14(17)13(15)8-9-20/h2-7,10,20H,8-9H2,1H3,(H2,18,19,21). The van der Waals surface area contributed by atoms with Crippen molar-refractivity contribution in [3.63, 3.8) is 0 Å². The molecular weight excluding hydrogens is 304 g/mol. The molecule has 2 amide bonds. The van der Waals surface area contributed by atoms with Crippen LogP contribution in [0.4, 0.5) is 16.2 Å². The van der Waals surface area contributed by atoms with Crippen LogP contribution < -0.4 is 15.4 Å². The highest BCUT2D eigenvalue weighted by atomic mass is 35.5. The van der Waals surface area contributed by atoms with E-state index in [0.717, 1.165) is 0 Å². The van der Waals surface area contributed by atoms with Gasteiger partial charge in [0.15, 0.2) is 0 Å². The fraction of sp³-hybridized carbons (Fsp3) is 0.188. The van der Waals surface area contributed by atoms with Crippen LogP contribution in [0.25, 0.3) is 0 Å². The molecule has 0 unspecified atom stereocenters. The second-order valence-corrected chi connectivity index (χ2v) is 4.96. The number of hydrogen-bond acceptors (Lipinski definition) is 3. The molecule has 116 valence electrons. The van der Waals surface area contributed by atoms with Gasteiger partial charge in [0, 0.05) is 29.1 Å². The van der Waals surface area contributed by atoms with Gasteiger partial charge in [0.2, 0.25) is 0 Å². The zero-order valence-electron chi connectivity index (χ0n) is 12.1. The van der Waals surface area contributed by atoms with Crippen molar-refractivity contribution < 1.29 is 14.6 Å². The number of carbonyl (C=O) groups is 1. The molecule has 0 radical (unpaired) electrons. The maximum Gasteiger partial charge on any atom is 0.323 e. The summed E-state index contributed by atoms with van der Waals surface area (Å²) in [5.41, 5.74) is 1.89. The van der Waals surface area contributed by atoms with E-state index in [1.807, 2.05) is 0 Å². The lowest BCUT2D eigenvalue weighted by molar-refractivity contribution is 0.262. The molecule has 2 aromatic carbocycles. The van der Waals surface area contributed by atoms with Gasteiger partial charge >= 0.3 is 6.03 Å². The van der Waals surface area contributed by atoms with Crippen molar-refractivity contribution in [1.82, 2.24) is 0 Å². The Hall–Kier alpha value is -2.24. The molecule has 0 aliphatic carbocycles. The summed E-state index contributed by atoms with van der Waals surface area (Å²) in [6.45, 7) is -0.0457. The first kappa shape index (κ1) is 16.1. The molecule has 0 spiro atoms. The van der Waals surface area contributed by atoms with E-state index in [9.17, 15) is 4.79 Å². The Balaban J connectivity index is 2.10. The second kappa shape index (κ2) is 7.68. The quantitative estimate of drug-likeness (QED) is 0.789. The summed E-state index contributed by atoms with van der Waals surface area (Å²) in [7, 11) is 1.56. The normalized spacial score (nSPS) is 10.1. The monoisotopic (exact) mass is 320 g/mol. The van der Waals surface area contributed by atoms with Gasteiger partial charge < -0.3 is 20.5 Å².